The van der Waals surface area contributed by atoms with Crippen LogP contribution in [0.4, 0.5) is 11.4 Å². The number of nitrogens with zero attached hydrogens (tertiary/aromatic N) is 2. The van der Waals surface area contributed by atoms with Crippen molar-refractivity contribution in [2.24, 2.45) is 0 Å². The number of nitro benzene ring substituents is 1. The van der Waals surface area contributed by atoms with E-state index in [9.17, 15) is 14.9 Å². The zero-order valence-corrected chi connectivity index (χ0v) is 11.5. The van der Waals surface area contributed by atoms with E-state index in [1.54, 1.807) is 0 Å². The van der Waals surface area contributed by atoms with Crippen molar-refractivity contribution in [3.05, 3.63) is 33.9 Å². The number of carbonyl (C=O) groups is 1. The molecule has 2 N–H and O–H groups in total. The first-order valence-electron chi connectivity index (χ1n) is 6.82. The van der Waals surface area contributed by atoms with Gasteiger partial charge < -0.3 is 10.6 Å². The summed E-state index contributed by atoms with van der Waals surface area (Å²) >= 11 is 0. The van der Waals surface area contributed by atoms with Gasteiger partial charge in [-0.3, -0.25) is 14.9 Å². The zero-order chi connectivity index (χ0) is 15.2. The van der Waals surface area contributed by atoms with Crippen molar-refractivity contribution in [3.8, 4) is 6.07 Å². The Morgan fingerprint density at radius 3 is 2.76 bits per heavy atom. The Morgan fingerprint density at radius 2 is 2.14 bits per heavy atom. The third kappa shape index (κ3) is 4.00. The average Bonchev–Trinajstić information content (AvgIpc) is 2.98. The van der Waals surface area contributed by atoms with Gasteiger partial charge in [-0.1, -0.05) is 12.8 Å². The Labute approximate surface area is 122 Å². The molecule has 0 aliphatic heterocycles. The first-order chi connectivity index (χ1) is 10.1. The van der Waals surface area contributed by atoms with E-state index in [1.165, 1.54) is 25.0 Å². The molecule has 0 saturated heterocycles. The Kier molecular flexibility index (Phi) is 4.85. The molecule has 21 heavy (non-hydrogen) atoms. The summed E-state index contributed by atoms with van der Waals surface area (Å²) in [6.45, 7) is 0.173. The van der Waals surface area contributed by atoms with Gasteiger partial charge in [-0.15, -0.1) is 0 Å². The van der Waals surface area contributed by atoms with Gasteiger partial charge in [0.25, 0.3) is 5.69 Å². The van der Waals surface area contributed by atoms with Gasteiger partial charge in [0.2, 0.25) is 5.91 Å². The summed E-state index contributed by atoms with van der Waals surface area (Å²) in [5.74, 6) is -0.257. The van der Waals surface area contributed by atoms with E-state index >= 15 is 0 Å². The van der Waals surface area contributed by atoms with Crippen LogP contribution >= 0.6 is 0 Å². The van der Waals surface area contributed by atoms with Crippen LogP contribution in [-0.2, 0) is 4.79 Å². The van der Waals surface area contributed by atoms with Crippen molar-refractivity contribution in [2.75, 3.05) is 11.9 Å². The SMILES string of the molecule is N#Cc1cc([N+](=O)[O-])ccc1NC(=O)CNC1CCCC1. The summed E-state index contributed by atoms with van der Waals surface area (Å²) in [7, 11) is 0. The predicted molar refractivity (Wildman–Crippen MR) is 76.7 cm³/mol. The van der Waals surface area contributed by atoms with Crippen LogP contribution in [0.25, 0.3) is 0 Å². The van der Waals surface area contributed by atoms with Crippen LogP contribution in [0.3, 0.4) is 0 Å². The molecule has 1 fully saturated rings. The fourth-order valence-electron chi connectivity index (χ4n) is 2.41. The number of nitriles is 1. The van der Waals surface area contributed by atoms with Gasteiger partial charge in [-0.25, -0.2) is 0 Å². The highest BCUT2D eigenvalue weighted by Crippen LogP contribution is 2.21. The molecule has 1 aliphatic rings. The van der Waals surface area contributed by atoms with Crippen molar-refractivity contribution in [3.63, 3.8) is 0 Å². The number of benzene rings is 1. The number of nitro groups is 1. The molecule has 0 spiro atoms. The lowest BCUT2D eigenvalue weighted by Gasteiger charge is -2.12. The summed E-state index contributed by atoms with van der Waals surface area (Å²) in [5, 5.41) is 25.4. The summed E-state index contributed by atoms with van der Waals surface area (Å²) in [6.07, 6.45) is 4.52. The average molecular weight is 288 g/mol. The van der Waals surface area contributed by atoms with Crippen LogP contribution in [-0.4, -0.2) is 23.4 Å². The summed E-state index contributed by atoms with van der Waals surface area (Å²) in [5.41, 5.74) is 0.202. The molecule has 1 aromatic rings. The van der Waals surface area contributed by atoms with Crippen molar-refractivity contribution in [1.29, 1.82) is 5.26 Å². The monoisotopic (exact) mass is 288 g/mol. The molecule has 0 bridgehead atoms. The quantitative estimate of drug-likeness (QED) is 0.635. The van der Waals surface area contributed by atoms with Gasteiger partial charge in [0.1, 0.15) is 6.07 Å². The van der Waals surface area contributed by atoms with Crippen molar-refractivity contribution < 1.29 is 9.72 Å². The molecule has 7 heteroatoms. The lowest BCUT2D eigenvalue weighted by atomic mass is 10.1. The Hall–Kier alpha value is -2.46. The lowest BCUT2D eigenvalue weighted by molar-refractivity contribution is -0.384. The number of hydrogen-bond donors (Lipinski definition) is 2. The Balaban J connectivity index is 1.96. The molecule has 1 saturated carbocycles. The van der Waals surface area contributed by atoms with Gasteiger partial charge in [-0.2, -0.15) is 5.26 Å². The van der Waals surface area contributed by atoms with Crippen molar-refractivity contribution >= 4 is 17.3 Å². The third-order valence-corrected chi connectivity index (χ3v) is 3.51. The van der Waals surface area contributed by atoms with Crippen LogP contribution in [0.2, 0.25) is 0 Å². The molecule has 0 heterocycles. The zero-order valence-electron chi connectivity index (χ0n) is 11.5. The van der Waals surface area contributed by atoms with E-state index in [-0.39, 0.29) is 23.7 Å². The van der Waals surface area contributed by atoms with Gasteiger partial charge >= 0.3 is 0 Å². The standard InChI is InChI=1S/C14H16N4O3/c15-8-10-7-12(18(20)21)5-6-13(10)17-14(19)9-16-11-3-1-2-4-11/h5-7,11,16H,1-4,9H2,(H,17,19). The predicted octanol–water partition coefficient (Wildman–Crippen LogP) is 1.94. The highest BCUT2D eigenvalue weighted by atomic mass is 16.6. The van der Waals surface area contributed by atoms with E-state index in [2.05, 4.69) is 10.6 Å². The largest absolute Gasteiger partial charge is 0.324 e. The molecule has 1 aliphatic carbocycles. The molecule has 2 rings (SSSR count). The topological polar surface area (TPSA) is 108 Å². The number of amides is 1. The summed E-state index contributed by atoms with van der Waals surface area (Å²) < 4.78 is 0. The van der Waals surface area contributed by atoms with Gasteiger partial charge in [0.15, 0.2) is 0 Å². The molecule has 1 aromatic carbocycles. The van der Waals surface area contributed by atoms with Crippen molar-refractivity contribution in [2.45, 2.75) is 31.7 Å². The Morgan fingerprint density at radius 1 is 1.43 bits per heavy atom. The van der Waals surface area contributed by atoms with Gasteiger partial charge in [0, 0.05) is 18.2 Å². The number of anilines is 1. The molecule has 0 radical (unpaired) electrons. The number of non-ortho nitro benzene ring substituents is 1. The first kappa shape index (κ1) is 14.9. The van der Waals surface area contributed by atoms with E-state index < -0.39 is 4.92 Å². The van der Waals surface area contributed by atoms with Crippen LogP contribution < -0.4 is 10.6 Å². The second kappa shape index (κ2) is 6.81. The molecule has 7 nitrogen and oxygen atoms in total. The maximum atomic E-state index is 11.8. The fraction of sp³-hybridized carbons (Fsp3) is 0.429. The molecule has 0 unspecified atom stereocenters. The number of nitrogens with one attached hydrogen (secondary N) is 2. The minimum absolute atomic E-state index is 0.0819. The second-order valence-electron chi connectivity index (χ2n) is 5.01. The molecule has 1 amide bonds. The lowest BCUT2D eigenvalue weighted by Crippen LogP contribution is -2.34. The molecule has 110 valence electrons. The normalized spacial score (nSPS) is 14.6. The smallest absolute Gasteiger partial charge is 0.270 e. The minimum Gasteiger partial charge on any atom is -0.324 e. The number of hydrogen-bond acceptors (Lipinski definition) is 5. The van der Waals surface area contributed by atoms with Crippen molar-refractivity contribution in [1.82, 2.24) is 5.32 Å². The van der Waals surface area contributed by atoms with Crippen LogP contribution in [0, 0.1) is 21.4 Å². The van der Waals surface area contributed by atoms with Crippen LogP contribution in [0.5, 0.6) is 0 Å². The number of carbonyl (C=O) groups excluding carboxylic acids is 1. The molecular weight excluding hydrogens is 272 g/mol. The highest BCUT2D eigenvalue weighted by Gasteiger charge is 2.16. The minimum atomic E-state index is -0.575. The maximum absolute atomic E-state index is 11.8. The van der Waals surface area contributed by atoms with E-state index in [0.29, 0.717) is 11.7 Å². The fourth-order valence-corrected chi connectivity index (χ4v) is 2.41. The van der Waals surface area contributed by atoms with Crippen LogP contribution in [0.15, 0.2) is 18.2 Å². The highest BCUT2D eigenvalue weighted by molar-refractivity contribution is 5.93. The number of rotatable bonds is 5. The molecule has 0 atom stereocenters. The summed E-state index contributed by atoms with van der Waals surface area (Å²) in [4.78, 5) is 21.9. The maximum Gasteiger partial charge on any atom is 0.270 e. The van der Waals surface area contributed by atoms with E-state index in [1.807, 2.05) is 6.07 Å². The molecule has 0 aromatic heterocycles. The van der Waals surface area contributed by atoms with Gasteiger partial charge in [-0.05, 0) is 18.9 Å². The van der Waals surface area contributed by atoms with E-state index in [4.69, 9.17) is 5.26 Å². The third-order valence-electron chi connectivity index (χ3n) is 3.51. The molecular formula is C14H16N4O3. The van der Waals surface area contributed by atoms with Gasteiger partial charge in [0.05, 0.1) is 22.7 Å². The Bertz CT molecular complexity index is 588. The summed E-state index contributed by atoms with van der Waals surface area (Å²) in [6, 6.07) is 6.03. The second-order valence-corrected chi connectivity index (χ2v) is 5.01. The first-order valence-corrected chi connectivity index (χ1v) is 6.82. The van der Waals surface area contributed by atoms with E-state index in [0.717, 1.165) is 18.9 Å². The van der Waals surface area contributed by atoms with Crippen LogP contribution in [0.1, 0.15) is 31.2 Å².